The molecule has 1 amide bonds. The third-order valence-electron chi connectivity index (χ3n) is 4.50. The zero-order valence-electron chi connectivity index (χ0n) is 15.8. The number of halogens is 1. The summed E-state index contributed by atoms with van der Waals surface area (Å²) >= 11 is 0. The minimum Gasteiger partial charge on any atom is -0.350 e. The molecule has 0 atom stereocenters. The molecule has 0 bridgehead atoms. The normalized spacial score (nSPS) is 10.8. The zero-order chi connectivity index (χ0) is 20.2. The molecule has 6 nitrogen and oxygen atoms in total. The van der Waals surface area contributed by atoms with Gasteiger partial charge in [-0.1, -0.05) is 35.0 Å². The van der Waals surface area contributed by atoms with Gasteiger partial charge in [-0.15, -0.1) is 0 Å². The van der Waals surface area contributed by atoms with Crippen LogP contribution in [0.2, 0.25) is 0 Å². The van der Waals surface area contributed by atoms with Crippen LogP contribution in [-0.4, -0.2) is 20.6 Å². The Morgan fingerprint density at radius 3 is 2.62 bits per heavy atom. The average Bonchev–Trinajstić information content (AvgIpc) is 3.37. The Labute approximate surface area is 167 Å². The fraction of sp³-hybridized carbons (Fsp3) is 0.136. The zero-order valence-corrected chi connectivity index (χ0v) is 15.8. The maximum atomic E-state index is 13.1. The number of aromatic nitrogens is 3. The van der Waals surface area contributed by atoms with Gasteiger partial charge in [0.2, 0.25) is 11.7 Å². The Hall–Kier alpha value is -3.74. The van der Waals surface area contributed by atoms with Crippen LogP contribution in [0, 0.1) is 12.7 Å². The van der Waals surface area contributed by atoms with E-state index in [2.05, 4.69) is 15.5 Å². The Morgan fingerprint density at radius 1 is 1.10 bits per heavy atom. The van der Waals surface area contributed by atoms with E-state index >= 15 is 0 Å². The van der Waals surface area contributed by atoms with Crippen LogP contribution in [0.4, 0.5) is 4.39 Å². The Bertz CT molecular complexity index is 1110. The van der Waals surface area contributed by atoms with Crippen LogP contribution in [0.25, 0.3) is 23.0 Å². The Kier molecular flexibility index (Phi) is 5.20. The third kappa shape index (κ3) is 4.40. The summed E-state index contributed by atoms with van der Waals surface area (Å²) < 4.78 is 20.2. The lowest BCUT2D eigenvalue weighted by atomic mass is 10.1. The second-order valence-electron chi connectivity index (χ2n) is 6.71. The number of hydrogen-bond donors (Lipinski definition) is 1. The van der Waals surface area contributed by atoms with Crippen molar-refractivity contribution in [3.8, 4) is 23.0 Å². The van der Waals surface area contributed by atoms with Gasteiger partial charge in [-0.2, -0.15) is 4.98 Å². The van der Waals surface area contributed by atoms with Gasteiger partial charge in [-0.05, 0) is 48.9 Å². The van der Waals surface area contributed by atoms with Crippen molar-refractivity contribution in [3.63, 3.8) is 0 Å². The molecule has 2 aromatic carbocycles. The Morgan fingerprint density at radius 2 is 1.86 bits per heavy atom. The second-order valence-corrected chi connectivity index (χ2v) is 6.71. The van der Waals surface area contributed by atoms with E-state index in [1.165, 1.54) is 17.7 Å². The van der Waals surface area contributed by atoms with Crippen molar-refractivity contribution in [2.45, 2.75) is 20.0 Å². The Balaban J connectivity index is 1.44. The molecule has 2 heterocycles. The van der Waals surface area contributed by atoms with Crippen LogP contribution in [0.5, 0.6) is 0 Å². The SMILES string of the molecule is Cc1ccc(CNC(=O)Cn2cccc2-c2nc(-c3ccc(F)cc3)no2)cc1. The van der Waals surface area contributed by atoms with Crippen LogP contribution < -0.4 is 5.32 Å². The van der Waals surface area contributed by atoms with Crippen molar-refractivity contribution >= 4 is 5.91 Å². The van der Waals surface area contributed by atoms with Gasteiger partial charge in [-0.3, -0.25) is 4.79 Å². The van der Waals surface area contributed by atoms with Gasteiger partial charge < -0.3 is 14.4 Å². The van der Waals surface area contributed by atoms with Gasteiger partial charge in [0.25, 0.3) is 5.89 Å². The molecule has 1 N–H and O–H groups in total. The quantitative estimate of drug-likeness (QED) is 0.541. The van der Waals surface area contributed by atoms with Crippen LogP contribution in [0.1, 0.15) is 11.1 Å². The molecule has 0 aliphatic carbocycles. The summed E-state index contributed by atoms with van der Waals surface area (Å²) in [4.78, 5) is 16.7. The molecule has 0 unspecified atom stereocenters. The topological polar surface area (TPSA) is 73.0 Å². The molecule has 0 aliphatic heterocycles. The number of benzene rings is 2. The molecule has 0 fully saturated rings. The lowest BCUT2D eigenvalue weighted by Crippen LogP contribution is -2.27. The number of nitrogens with zero attached hydrogens (tertiary/aromatic N) is 3. The molecule has 29 heavy (non-hydrogen) atoms. The fourth-order valence-corrected chi connectivity index (χ4v) is 2.91. The first-order chi connectivity index (χ1) is 14.1. The van der Waals surface area contributed by atoms with Crippen LogP contribution >= 0.6 is 0 Å². The maximum Gasteiger partial charge on any atom is 0.274 e. The van der Waals surface area contributed by atoms with Crippen LogP contribution in [-0.2, 0) is 17.9 Å². The summed E-state index contributed by atoms with van der Waals surface area (Å²) in [7, 11) is 0. The number of amides is 1. The molecule has 0 saturated carbocycles. The summed E-state index contributed by atoms with van der Waals surface area (Å²) in [5.41, 5.74) is 3.50. The largest absolute Gasteiger partial charge is 0.350 e. The van der Waals surface area contributed by atoms with Crippen molar-refractivity contribution in [3.05, 3.63) is 83.8 Å². The first-order valence-electron chi connectivity index (χ1n) is 9.16. The molecule has 7 heteroatoms. The van der Waals surface area contributed by atoms with E-state index < -0.39 is 0 Å². The molecular formula is C22H19FN4O2. The van der Waals surface area contributed by atoms with Crippen molar-refractivity contribution in [1.29, 1.82) is 0 Å². The van der Waals surface area contributed by atoms with E-state index in [-0.39, 0.29) is 18.3 Å². The summed E-state index contributed by atoms with van der Waals surface area (Å²) in [6.45, 7) is 2.61. The van der Waals surface area contributed by atoms with E-state index in [4.69, 9.17) is 4.52 Å². The van der Waals surface area contributed by atoms with Gasteiger partial charge in [0.05, 0.1) is 0 Å². The second kappa shape index (κ2) is 8.10. The highest BCUT2D eigenvalue weighted by Crippen LogP contribution is 2.23. The van der Waals surface area contributed by atoms with Gasteiger partial charge in [0.15, 0.2) is 0 Å². The summed E-state index contributed by atoms with van der Waals surface area (Å²) in [6, 6.07) is 17.5. The van der Waals surface area contributed by atoms with Crippen LogP contribution in [0.3, 0.4) is 0 Å². The van der Waals surface area contributed by atoms with E-state index in [0.717, 1.165) is 5.56 Å². The van der Waals surface area contributed by atoms with Gasteiger partial charge in [-0.25, -0.2) is 4.39 Å². The fourth-order valence-electron chi connectivity index (χ4n) is 2.91. The number of nitrogens with one attached hydrogen (secondary N) is 1. The van der Waals surface area contributed by atoms with E-state index in [1.54, 1.807) is 29.0 Å². The maximum absolute atomic E-state index is 13.1. The number of aryl methyl sites for hydroxylation is 1. The summed E-state index contributed by atoms with van der Waals surface area (Å²) in [5, 5.41) is 6.86. The number of carbonyl (C=O) groups is 1. The minimum absolute atomic E-state index is 0.124. The van der Waals surface area contributed by atoms with Crippen LogP contribution in [0.15, 0.2) is 71.4 Å². The smallest absolute Gasteiger partial charge is 0.274 e. The highest BCUT2D eigenvalue weighted by Gasteiger charge is 2.15. The van der Waals surface area contributed by atoms with Crippen molar-refractivity contribution in [2.75, 3.05) is 0 Å². The standard InChI is InChI=1S/C22H19FN4O2/c1-15-4-6-16(7-5-15)13-24-20(28)14-27-12-2-3-19(27)22-25-21(26-29-22)17-8-10-18(23)11-9-17/h2-12H,13-14H2,1H3,(H,24,28). The van der Waals surface area contributed by atoms with Crippen molar-refractivity contribution < 1.29 is 13.7 Å². The van der Waals surface area contributed by atoms with E-state index in [1.807, 2.05) is 37.3 Å². The lowest BCUT2D eigenvalue weighted by molar-refractivity contribution is -0.121. The van der Waals surface area contributed by atoms with Gasteiger partial charge in [0, 0.05) is 18.3 Å². The van der Waals surface area contributed by atoms with E-state index in [9.17, 15) is 9.18 Å². The first kappa shape index (κ1) is 18.6. The molecule has 146 valence electrons. The molecule has 4 aromatic rings. The van der Waals surface area contributed by atoms with Gasteiger partial charge in [0.1, 0.15) is 18.1 Å². The molecule has 0 aliphatic rings. The predicted molar refractivity (Wildman–Crippen MR) is 106 cm³/mol. The molecule has 4 rings (SSSR count). The van der Waals surface area contributed by atoms with Crippen molar-refractivity contribution in [2.24, 2.45) is 0 Å². The summed E-state index contributed by atoms with van der Waals surface area (Å²) in [6.07, 6.45) is 1.78. The van der Waals surface area contributed by atoms with Crippen molar-refractivity contribution in [1.82, 2.24) is 20.0 Å². The monoisotopic (exact) mass is 390 g/mol. The van der Waals surface area contributed by atoms with E-state index in [0.29, 0.717) is 29.5 Å². The average molecular weight is 390 g/mol. The minimum atomic E-state index is -0.331. The lowest BCUT2D eigenvalue weighted by Gasteiger charge is -2.08. The van der Waals surface area contributed by atoms with Gasteiger partial charge >= 0.3 is 0 Å². The summed E-state index contributed by atoms with van der Waals surface area (Å²) in [5.74, 6) is 0.196. The highest BCUT2D eigenvalue weighted by molar-refractivity contribution is 5.76. The number of rotatable bonds is 6. The predicted octanol–water partition coefficient (Wildman–Crippen LogP) is 3.97. The molecule has 2 aromatic heterocycles. The molecule has 0 saturated heterocycles. The molecule has 0 radical (unpaired) electrons. The molecule has 0 spiro atoms. The first-order valence-corrected chi connectivity index (χ1v) is 9.16. The third-order valence-corrected chi connectivity index (χ3v) is 4.50. The molecular weight excluding hydrogens is 371 g/mol. The number of carbonyl (C=O) groups excluding carboxylic acids is 1. The number of hydrogen-bond acceptors (Lipinski definition) is 4. The highest BCUT2D eigenvalue weighted by atomic mass is 19.1.